The van der Waals surface area contributed by atoms with Gasteiger partial charge in [0.15, 0.2) is 24.4 Å². The Morgan fingerprint density at radius 1 is 1.10 bits per heavy atom. The molecule has 0 amide bonds. The van der Waals surface area contributed by atoms with Crippen LogP contribution in [0.5, 0.6) is 0 Å². The molecule has 5 unspecified atom stereocenters. The molecule has 3 fully saturated rings. The maximum absolute atomic E-state index is 12.5. The van der Waals surface area contributed by atoms with Gasteiger partial charge in [-0.05, 0) is 0 Å². The molecule has 0 radical (unpaired) electrons. The van der Waals surface area contributed by atoms with Gasteiger partial charge >= 0.3 is 23.9 Å². The average molecular weight is 448 g/mol. The van der Waals surface area contributed by atoms with Crippen LogP contribution in [-0.2, 0) is 57.2 Å². The Kier molecular flexibility index (Phi) is 5.64. The van der Waals surface area contributed by atoms with Crippen LogP contribution in [0.25, 0.3) is 0 Å². The second-order valence-corrected chi connectivity index (χ2v) is 8.85. The molecule has 166 valence electrons. The van der Waals surface area contributed by atoms with E-state index in [1.54, 1.807) is 0 Å². The number of ether oxygens (including phenoxy) is 5. The van der Waals surface area contributed by atoms with E-state index in [4.69, 9.17) is 23.1 Å². The van der Waals surface area contributed by atoms with Crippen LogP contribution in [0.3, 0.4) is 0 Å². The first kappa shape index (κ1) is 22.2. The van der Waals surface area contributed by atoms with Crippen molar-refractivity contribution in [2.75, 3.05) is 19.8 Å². The van der Waals surface area contributed by atoms with Gasteiger partial charge in [-0.1, -0.05) is 6.58 Å². The van der Waals surface area contributed by atoms with Gasteiger partial charge in [-0.25, -0.2) is 9.59 Å². The summed E-state index contributed by atoms with van der Waals surface area (Å²) < 4.78 is 56.2. The van der Waals surface area contributed by atoms with Crippen molar-refractivity contribution in [3.8, 4) is 0 Å². The molecule has 5 atom stereocenters. The Morgan fingerprint density at radius 3 is 2.33 bits per heavy atom. The topological polar surface area (TPSA) is 158 Å². The highest BCUT2D eigenvalue weighted by Gasteiger charge is 2.82. The van der Waals surface area contributed by atoms with E-state index in [1.807, 2.05) is 0 Å². The lowest BCUT2D eigenvalue weighted by molar-refractivity contribution is -0.177. The van der Waals surface area contributed by atoms with Crippen LogP contribution in [0.4, 0.5) is 0 Å². The van der Waals surface area contributed by atoms with E-state index >= 15 is 0 Å². The van der Waals surface area contributed by atoms with Gasteiger partial charge < -0.3 is 23.7 Å². The molecule has 0 spiro atoms. The fourth-order valence-corrected chi connectivity index (χ4v) is 5.87. The minimum absolute atomic E-state index is 0.231. The van der Waals surface area contributed by atoms with Crippen LogP contribution in [0.2, 0.25) is 0 Å². The number of esters is 4. The predicted octanol–water partition coefficient (Wildman–Crippen LogP) is -1.24. The smallest absolute Gasteiger partial charge is 0.344 e. The summed E-state index contributed by atoms with van der Waals surface area (Å²) >= 11 is 0. The van der Waals surface area contributed by atoms with Gasteiger partial charge in [0.25, 0.3) is 10.1 Å². The second-order valence-electron chi connectivity index (χ2n) is 7.11. The summed E-state index contributed by atoms with van der Waals surface area (Å²) in [4.78, 5) is 46.0. The summed E-state index contributed by atoms with van der Waals surface area (Å²) in [6.45, 7) is 3.79. The first-order valence-corrected chi connectivity index (χ1v) is 10.3. The molecule has 0 aliphatic carbocycles. The van der Waals surface area contributed by atoms with Gasteiger partial charge in [0, 0.05) is 26.3 Å². The molecule has 13 heteroatoms. The van der Waals surface area contributed by atoms with Crippen LogP contribution in [-0.4, -0.2) is 80.8 Å². The molecule has 3 heterocycles. The van der Waals surface area contributed by atoms with E-state index < -0.39 is 82.5 Å². The number of rotatable bonds is 8. The largest absolute Gasteiger partial charge is 0.463 e. The molecule has 0 aromatic rings. The zero-order valence-electron chi connectivity index (χ0n) is 16.2. The molecule has 0 N–H and O–H groups in total. The van der Waals surface area contributed by atoms with Crippen LogP contribution < -0.4 is 0 Å². The van der Waals surface area contributed by atoms with Crippen molar-refractivity contribution in [3.63, 3.8) is 0 Å². The van der Waals surface area contributed by atoms with Crippen molar-refractivity contribution in [3.05, 3.63) is 12.7 Å². The van der Waals surface area contributed by atoms with Crippen LogP contribution in [0, 0.1) is 0 Å². The lowest BCUT2D eigenvalue weighted by atomic mass is 9.77. The summed E-state index contributed by atoms with van der Waals surface area (Å²) in [5.74, 6) is -3.23. The summed E-state index contributed by atoms with van der Waals surface area (Å²) in [5, 5.41) is -1.22. The molecule has 0 aromatic heterocycles. The van der Waals surface area contributed by atoms with Gasteiger partial charge in [-0.2, -0.15) is 8.42 Å². The minimum atomic E-state index is -4.16. The Balaban J connectivity index is 1.90. The van der Waals surface area contributed by atoms with E-state index in [2.05, 4.69) is 11.3 Å². The fourth-order valence-electron chi connectivity index (χ4n) is 3.96. The van der Waals surface area contributed by atoms with E-state index in [1.165, 1.54) is 0 Å². The molecule has 3 saturated heterocycles. The number of carbonyl (C=O) groups excluding carboxylic acids is 4. The van der Waals surface area contributed by atoms with Crippen molar-refractivity contribution in [1.82, 2.24) is 0 Å². The first-order valence-electron chi connectivity index (χ1n) is 8.83. The second kappa shape index (κ2) is 7.63. The molecule has 0 saturated carbocycles. The van der Waals surface area contributed by atoms with E-state index in [9.17, 15) is 27.6 Å². The van der Waals surface area contributed by atoms with Gasteiger partial charge in [-0.3, -0.25) is 13.8 Å². The molecule has 30 heavy (non-hydrogen) atoms. The predicted molar refractivity (Wildman–Crippen MR) is 93.0 cm³/mol. The number of carbonyl (C=O) groups is 4. The lowest BCUT2D eigenvalue weighted by Gasteiger charge is -2.33. The highest BCUT2D eigenvalue weighted by molar-refractivity contribution is 7.87. The number of fused-ring (bicyclic) bond motifs is 1. The third-order valence-electron chi connectivity index (χ3n) is 5.11. The van der Waals surface area contributed by atoms with Gasteiger partial charge in [0.2, 0.25) is 0 Å². The highest BCUT2D eigenvalue weighted by Crippen LogP contribution is 2.60. The molecule has 3 aliphatic rings. The summed E-state index contributed by atoms with van der Waals surface area (Å²) in [6.07, 6.45) is -2.07. The lowest BCUT2D eigenvalue weighted by Crippen LogP contribution is -2.56. The zero-order valence-corrected chi connectivity index (χ0v) is 17.0. The fraction of sp³-hybridized carbons (Fsp3) is 0.647. The normalized spacial score (nSPS) is 34.8. The maximum atomic E-state index is 12.5. The van der Waals surface area contributed by atoms with Crippen LogP contribution in [0.1, 0.15) is 20.3 Å². The third-order valence-corrected chi connectivity index (χ3v) is 6.85. The SMILES string of the molecule is C=CC(=O)OCC(=O)OC1C2OS(=O)(=O)C3CC1(COC(C)=O)OC23COC(C)=O. The van der Waals surface area contributed by atoms with Crippen molar-refractivity contribution < 1.29 is 55.5 Å². The zero-order chi connectivity index (χ0) is 22.3. The van der Waals surface area contributed by atoms with Crippen molar-refractivity contribution >= 4 is 34.0 Å². The van der Waals surface area contributed by atoms with Crippen molar-refractivity contribution in [2.45, 2.75) is 48.9 Å². The van der Waals surface area contributed by atoms with Crippen molar-refractivity contribution in [2.24, 2.45) is 0 Å². The summed E-state index contributed by atoms with van der Waals surface area (Å²) in [5.41, 5.74) is -3.20. The first-order chi connectivity index (χ1) is 14.0. The Morgan fingerprint density at radius 2 is 1.73 bits per heavy atom. The molecule has 2 bridgehead atoms. The molecule has 3 aliphatic heterocycles. The third kappa shape index (κ3) is 3.68. The summed E-state index contributed by atoms with van der Waals surface area (Å²) in [6, 6.07) is 0. The van der Waals surface area contributed by atoms with Gasteiger partial charge in [0.1, 0.15) is 24.1 Å². The monoisotopic (exact) mass is 448 g/mol. The Labute approximate surface area is 171 Å². The Bertz CT molecular complexity index is 894. The number of hydrogen-bond donors (Lipinski definition) is 0. The van der Waals surface area contributed by atoms with Crippen LogP contribution >= 0.6 is 0 Å². The molecule has 3 rings (SSSR count). The maximum Gasteiger partial charge on any atom is 0.344 e. The standard InChI is InChI=1S/C17H20O12S/c1-4-12(20)24-6-13(21)27-14-15-17(8-26-10(3)19)11(30(22,23)28-15)5-16(14,29-17)7-25-9(2)18/h4,11,14-15H,1,5-8H2,2-3H3. The molecule has 12 nitrogen and oxygen atoms in total. The van der Waals surface area contributed by atoms with E-state index in [0.717, 1.165) is 19.9 Å². The number of hydrogen-bond acceptors (Lipinski definition) is 12. The molecular formula is C17H20O12S. The van der Waals surface area contributed by atoms with E-state index in [-0.39, 0.29) is 6.42 Å². The van der Waals surface area contributed by atoms with Gasteiger partial charge in [-0.15, -0.1) is 0 Å². The minimum Gasteiger partial charge on any atom is -0.463 e. The Hall–Kier alpha value is -2.51. The average Bonchev–Trinajstić information content (AvgIpc) is 3.18. The van der Waals surface area contributed by atoms with Crippen LogP contribution in [0.15, 0.2) is 12.7 Å². The van der Waals surface area contributed by atoms with E-state index in [0.29, 0.717) is 0 Å². The van der Waals surface area contributed by atoms with Crippen molar-refractivity contribution in [1.29, 1.82) is 0 Å². The summed E-state index contributed by atoms with van der Waals surface area (Å²) in [7, 11) is -4.16. The quantitative estimate of drug-likeness (QED) is 0.188. The molecule has 0 aromatic carbocycles. The highest BCUT2D eigenvalue weighted by atomic mass is 32.2. The molecular weight excluding hydrogens is 428 g/mol. The van der Waals surface area contributed by atoms with Gasteiger partial charge in [0.05, 0.1) is 0 Å².